The fourth-order valence-electron chi connectivity index (χ4n) is 3.63. The number of hydrogen-bond acceptors (Lipinski definition) is 6. The van der Waals surface area contributed by atoms with E-state index >= 15 is 0 Å². The van der Waals surface area contributed by atoms with Crippen LogP contribution in [0.3, 0.4) is 0 Å². The number of ether oxygens (including phenoxy) is 1. The zero-order chi connectivity index (χ0) is 18.3. The van der Waals surface area contributed by atoms with E-state index in [9.17, 15) is 9.59 Å². The highest BCUT2D eigenvalue weighted by Gasteiger charge is 2.46. The van der Waals surface area contributed by atoms with Crippen molar-refractivity contribution in [2.45, 2.75) is 12.0 Å². The number of aromatic nitrogens is 4. The van der Waals surface area contributed by atoms with Crippen LogP contribution in [0.4, 0.5) is 5.82 Å². The molecule has 1 spiro atoms. The second kappa shape index (κ2) is 6.13. The molecule has 0 aliphatic carbocycles. The van der Waals surface area contributed by atoms with Gasteiger partial charge in [-0.3, -0.25) is 14.7 Å². The van der Waals surface area contributed by atoms with Gasteiger partial charge >= 0.3 is 0 Å². The fraction of sp³-hybridized carbons (Fsp3) is 0.500. The lowest BCUT2D eigenvalue weighted by Gasteiger charge is -2.40. The number of carbonyl (C=O) groups excluding carboxylic acids is 2. The molecule has 0 aromatic carbocycles. The average Bonchev–Trinajstić information content (AvgIpc) is 3.35. The molecule has 4 heterocycles. The number of aryl methyl sites for hydroxylation is 1. The summed E-state index contributed by atoms with van der Waals surface area (Å²) in [6.07, 6.45) is 5.45. The second-order valence-corrected chi connectivity index (χ2v) is 6.79. The monoisotopic (exact) mass is 359 g/mol. The largest absolute Gasteiger partial charge is 0.383 e. The number of aromatic amines is 1. The summed E-state index contributed by atoms with van der Waals surface area (Å²) in [5.74, 6) is 0.361. The van der Waals surface area contributed by atoms with Gasteiger partial charge in [0.2, 0.25) is 0 Å². The molecule has 2 saturated heterocycles. The smallest absolute Gasteiger partial charge is 0.290 e. The predicted molar refractivity (Wildman–Crippen MR) is 91.3 cm³/mol. The van der Waals surface area contributed by atoms with Gasteiger partial charge in [-0.25, -0.2) is 4.98 Å². The number of nitrogens with two attached hydrogens (primary N) is 1. The Morgan fingerprint density at radius 1 is 1.27 bits per heavy atom. The van der Waals surface area contributed by atoms with Crippen molar-refractivity contribution in [2.75, 3.05) is 38.5 Å². The summed E-state index contributed by atoms with van der Waals surface area (Å²) in [6.45, 7) is 2.35. The highest BCUT2D eigenvalue weighted by Crippen LogP contribution is 2.31. The lowest BCUT2D eigenvalue weighted by molar-refractivity contribution is -0.0907. The van der Waals surface area contributed by atoms with E-state index in [0.29, 0.717) is 50.6 Å². The average molecular weight is 359 g/mol. The maximum absolute atomic E-state index is 12.7. The summed E-state index contributed by atoms with van der Waals surface area (Å²) in [6, 6.07) is 0. The standard InChI is InChI=1S/C16H21N7O3/c1-21-5-3-18-13(21)15(25)23-6-7-26-16(10-23)2-4-22(9-16)14(24)11-8-19-20-12(11)17/h3,5,8H,2,4,6-7,9-10H2,1H3,(H3,17,19,20). The first-order valence-electron chi connectivity index (χ1n) is 8.48. The molecule has 2 aromatic rings. The number of rotatable bonds is 2. The van der Waals surface area contributed by atoms with Gasteiger partial charge in [-0.15, -0.1) is 0 Å². The van der Waals surface area contributed by atoms with Crippen molar-refractivity contribution in [3.8, 4) is 0 Å². The van der Waals surface area contributed by atoms with Crippen LogP contribution in [0.15, 0.2) is 18.6 Å². The van der Waals surface area contributed by atoms with E-state index in [2.05, 4.69) is 15.2 Å². The number of nitrogens with zero attached hydrogens (tertiary/aromatic N) is 5. The summed E-state index contributed by atoms with van der Waals surface area (Å²) in [5, 5.41) is 6.37. The zero-order valence-electron chi connectivity index (χ0n) is 14.5. The molecule has 10 nitrogen and oxygen atoms in total. The summed E-state index contributed by atoms with van der Waals surface area (Å²) >= 11 is 0. The Labute approximate surface area is 149 Å². The van der Waals surface area contributed by atoms with Crippen molar-refractivity contribution in [1.29, 1.82) is 0 Å². The van der Waals surface area contributed by atoms with E-state index in [-0.39, 0.29) is 17.6 Å². The second-order valence-electron chi connectivity index (χ2n) is 6.79. The van der Waals surface area contributed by atoms with Gasteiger partial charge in [-0.05, 0) is 6.42 Å². The normalized spacial score (nSPS) is 23.0. The summed E-state index contributed by atoms with van der Waals surface area (Å²) < 4.78 is 7.72. The van der Waals surface area contributed by atoms with Gasteiger partial charge in [-0.1, -0.05) is 0 Å². The minimum absolute atomic E-state index is 0.121. The Balaban J connectivity index is 1.48. The molecule has 0 bridgehead atoms. The van der Waals surface area contributed by atoms with E-state index in [1.54, 1.807) is 33.8 Å². The molecular weight excluding hydrogens is 338 g/mol. The van der Waals surface area contributed by atoms with E-state index in [0.717, 1.165) is 0 Å². The quantitative estimate of drug-likeness (QED) is 0.744. The van der Waals surface area contributed by atoms with Crippen molar-refractivity contribution >= 4 is 17.6 Å². The van der Waals surface area contributed by atoms with Crippen molar-refractivity contribution < 1.29 is 14.3 Å². The van der Waals surface area contributed by atoms with Crippen LogP contribution in [0.1, 0.15) is 27.4 Å². The van der Waals surface area contributed by atoms with Gasteiger partial charge < -0.3 is 24.8 Å². The molecule has 2 aliphatic rings. The number of nitrogen functional groups attached to an aromatic ring is 1. The van der Waals surface area contributed by atoms with E-state index in [1.165, 1.54) is 6.20 Å². The van der Waals surface area contributed by atoms with Crippen LogP contribution in [0.25, 0.3) is 0 Å². The van der Waals surface area contributed by atoms with Crippen molar-refractivity contribution in [2.24, 2.45) is 7.05 Å². The number of imidazole rings is 1. The maximum atomic E-state index is 12.7. The third-order valence-electron chi connectivity index (χ3n) is 5.05. The molecule has 1 unspecified atom stereocenters. The molecule has 26 heavy (non-hydrogen) atoms. The number of nitrogens with one attached hydrogen (secondary N) is 1. The Bertz CT molecular complexity index is 845. The highest BCUT2D eigenvalue weighted by atomic mass is 16.5. The lowest BCUT2D eigenvalue weighted by atomic mass is 10.0. The number of likely N-dealkylation sites (tertiary alicyclic amines) is 1. The molecule has 2 aromatic heterocycles. The van der Waals surface area contributed by atoms with Crippen LogP contribution in [0, 0.1) is 0 Å². The SMILES string of the molecule is Cn1ccnc1C(=O)N1CCOC2(CCN(C(=O)c3cn[nH]c3N)C2)C1. The summed E-state index contributed by atoms with van der Waals surface area (Å²) in [4.78, 5) is 33.0. The van der Waals surface area contributed by atoms with Crippen LogP contribution in [-0.2, 0) is 11.8 Å². The number of carbonyl (C=O) groups is 2. The number of anilines is 1. The van der Waals surface area contributed by atoms with Crippen LogP contribution in [-0.4, -0.2) is 79.7 Å². The van der Waals surface area contributed by atoms with Crippen molar-refractivity contribution in [3.05, 3.63) is 30.0 Å². The van der Waals surface area contributed by atoms with Crippen LogP contribution in [0.5, 0.6) is 0 Å². The molecule has 4 rings (SSSR count). The fourth-order valence-corrected chi connectivity index (χ4v) is 3.63. The van der Waals surface area contributed by atoms with Crippen LogP contribution < -0.4 is 5.73 Å². The van der Waals surface area contributed by atoms with Gasteiger partial charge in [0.1, 0.15) is 17.0 Å². The molecule has 0 radical (unpaired) electrons. The van der Waals surface area contributed by atoms with Gasteiger partial charge in [0.05, 0.1) is 25.9 Å². The van der Waals surface area contributed by atoms with Crippen LogP contribution >= 0.6 is 0 Å². The Morgan fingerprint density at radius 2 is 2.04 bits per heavy atom. The minimum atomic E-state index is -0.548. The highest BCUT2D eigenvalue weighted by molar-refractivity contribution is 5.98. The molecule has 2 aliphatic heterocycles. The Hall–Kier alpha value is -2.88. The molecular formula is C16H21N7O3. The van der Waals surface area contributed by atoms with Gasteiger partial charge in [0, 0.05) is 32.5 Å². The van der Waals surface area contributed by atoms with Crippen molar-refractivity contribution in [3.63, 3.8) is 0 Å². The topological polar surface area (TPSA) is 122 Å². The number of H-pyrrole nitrogens is 1. The van der Waals surface area contributed by atoms with E-state index in [4.69, 9.17) is 10.5 Å². The number of morpholine rings is 1. The van der Waals surface area contributed by atoms with Gasteiger partial charge in [-0.2, -0.15) is 5.10 Å². The predicted octanol–water partition coefficient (Wildman–Crippen LogP) is -0.517. The third-order valence-corrected chi connectivity index (χ3v) is 5.05. The first-order valence-corrected chi connectivity index (χ1v) is 8.48. The minimum Gasteiger partial charge on any atom is -0.383 e. The van der Waals surface area contributed by atoms with Crippen molar-refractivity contribution in [1.82, 2.24) is 29.5 Å². The van der Waals surface area contributed by atoms with Crippen LogP contribution in [0.2, 0.25) is 0 Å². The Kier molecular flexibility index (Phi) is 3.91. The van der Waals surface area contributed by atoms with E-state index < -0.39 is 5.60 Å². The summed E-state index contributed by atoms with van der Waals surface area (Å²) in [7, 11) is 1.79. The molecule has 138 valence electrons. The molecule has 0 saturated carbocycles. The van der Waals surface area contributed by atoms with Gasteiger partial charge in [0.25, 0.3) is 11.8 Å². The molecule has 2 amide bonds. The molecule has 2 fully saturated rings. The first-order chi connectivity index (χ1) is 12.5. The van der Waals surface area contributed by atoms with Gasteiger partial charge in [0.15, 0.2) is 5.82 Å². The first kappa shape index (κ1) is 16.6. The summed E-state index contributed by atoms with van der Waals surface area (Å²) in [5.41, 5.74) is 5.56. The third kappa shape index (κ3) is 2.71. The molecule has 3 N–H and O–H groups in total. The molecule has 1 atom stereocenters. The Morgan fingerprint density at radius 3 is 2.69 bits per heavy atom. The lowest BCUT2D eigenvalue weighted by Crippen LogP contribution is -2.55. The maximum Gasteiger partial charge on any atom is 0.290 e. The zero-order valence-corrected chi connectivity index (χ0v) is 14.5. The molecule has 10 heteroatoms. The number of amides is 2. The van der Waals surface area contributed by atoms with E-state index in [1.807, 2.05) is 0 Å². The number of hydrogen-bond donors (Lipinski definition) is 2.